The molecule has 3 N–H and O–H groups in total. The van der Waals surface area contributed by atoms with Crippen LogP contribution in [0, 0.1) is 5.82 Å². The summed E-state index contributed by atoms with van der Waals surface area (Å²) in [5.41, 5.74) is 2.49. The second-order valence-electron chi connectivity index (χ2n) is 5.42. The lowest BCUT2D eigenvalue weighted by molar-refractivity contribution is 0.628. The lowest BCUT2D eigenvalue weighted by Gasteiger charge is -2.10. The molecule has 0 radical (unpaired) electrons. The molecule has 0 aliphatic rings. The van der Waals surface area contributed by atoms with Crippen molar-refractivity contribution in [1.82, 2.24) is 9.97 Å². The van der Waals surface area contributed by atoms with Crippen LogP contribution in [0.2, 0.25) is 5.02 Å². The fourth-order valence-electron chi connectivity index (χ4n) is 2.26. The second kappa shape index (κ2) is 8.31. The topological polar surface area (TPSA) is 61.9 Å². The first kappa shape index (κ1) is 17.7. The van der Waals surface area contributed by atoms with Crippen molar-refractivity contribution in [3.8, 4) is 0 Å². The normalized spacial score (nSPS) is 10.2. The molecule has 1 heterocycles. The van der Waals surface area contributed by atoms with Crippen LogP contribution in [-0.2, 0) is 0 Å². The molecule has 0 aliphatic carbocycles. The van der Waals surface area contributed by atoms with Gasteiger partial charge in [0.25, 0.3) is 0 Å². The number of anilines is 5. The molecule has 5 nitrogen and oxygen atoms in total. The first-order chi connectivity index (χ1) is 12.6. The van der Waals surface area contributed by atoms with Gasteiger partial charge in [0.2, 0.25) is 0 Å². The van der Waals surface area contributed by atoms with E-state index < -0.39 is 5.82 Å². The number of hydrogen-bond donors (Lipinski definition) is 3. The smallest absolute Gasteiger partial charge is 0.141 e. The standard InChI is InChI=1S/C19H17ClFN5/c1-2-8-22-13-4-3-5-14(9-13)25-18-11-19(24-12-23-18)26-15-6-7-17(21)16(20)10-15/h2-7,9-12,22H,1,8H2,(H2,23,24,25,26). The molecule has 0 unspecified atom stereocenters. The highest BCUT2D eigenvalue weighted by atomic mass is 35.5. The van der Waals surface area contributed by atoms with Crippen LogP contribution in [0.25, 0.3) is 0 Å². The van der Waals surface area contributed by atoms with Gasteiger partial charge >= 0.3 is 0 Å². The molecular formula is C19H17ClFN5. The molecule has 0 saturated carbocycles. The SMILES string of the molecule is C=CCNc1cccc(Nc2cc(Nc3ccc(F)c(Cl)c3)ncn2)c1. The molecule has 2 aromatic carbocycles. The van der Waals surface area contributed by atoms with Crippen LogP contribution in [0.5, 0.6) is 0 Å². The summed E-state index contributed by atoms with van der Waals surface area (Å²) >= 11 is 5.80. The number of halogens is 2. The van der Waals surface area contributed by atoms with Crippen molar-refractivity contribution in [1.29, 1.82) is 0 Å². The molecule has 0 bridgehead atoms. The van der Waals surface area contributed by atoms with Crippen molar-refractivity contribution in [2.24, 2.45) is 0 Å². The van der Waals surface area contributed by atoms with Gasteiger partial charge in [0.15, 0.2) is 0 Å². The highest BCUT2D eigenvalue weighted by molar-refractivity contribution is 6.31. The van der Waals surface area contributed by atoms with Crippen molar-refractivity contribution in [3.63, 3.8) is 0 Å². The summed E-state index contributed by atoms with van der Waals surface area (Å²) in [4.78, 5) is 8.38. The van der Waals surface area contributed by atoms with Crippen LogP contribution in [0.3, 0.4) is 0 Å². The quantitative estimate of drug-likeness (QED) is 0.490. The molecule has 132 valence electrons. The first-order valence-corrected chi connectivity index (χ1v) is 8.28. The monoisotopic (exact) mass is 369 g/mol. The molecule has 26 heavy (non-hydrogen) atoms. The van der Waals surface area contributed by atoms with Crippen molar-refractivity contribution in [3.05, 3.63) is 78.4 Å². The Bertz CT molecular complexity index is 916. The minimum Gasteiger partial charge on any atom is -0.382 e. The Balaban J connectivity index is 1.73. The Kier molecular flexibility index (Phi) is 5.66. The average molecular weight is 370 g/mol. The van der Waals surface area contributed by atoms with E-state index in [1.165, 1.54) is 18.5 Å². The second-order valence-corrected chi connectivity index (χ2v) is 5.82. The molecule has 0 aliphatic heterocycles. The third-order valence-corrected chi connectivity index (χ3v) is 3.73. The van der Waals surface area contributed by atoms with Gasteiger partial charge in [-0.1, -0.05) is 23.7 Å². The third kappa shape index (κ3) is 4.70. The van der Waals surface area contributed by atoms with E-state index in [2.05, 4.69) is 32.5 Å². The Hall–Kier alpha value is -3.12. The van der Waals surface area contributed by atoms with Crippen molar-refractivity contribution in [2.75, 3.05) is 22.5 Å². The minimum atomic E-state index is -0.466. The van der Waals surface area contributed by atoms with Crippen LogP contribution in [-0.4, -0.2) is 16.5 Å². The summed E-state index contributed by atoms with van der Waals surface area (Å²) in [5.74, 6) is 0.717. The molecule has 0 atom stereocenters. The van der Waals surface area contributed by atoms with Gasteiger partial charge in [-0.05, 0) is 36.4 Å². The van der Waals surface area contributed by atoms with E-state index in [9.17, 15) is 4.39 Å². The molecule has 3 rings (SSSR count). The van der Waals surface area contributed by atoms with Crippen LogP contribution in [0.15, 0.2) is 67.5 Å². The fourth-order valence-corrected chi connectivity index (χ4v) is 2.44. The molecule has 0 spiro atoms. The molecule has 3 aromatic rings. The Morgan fingerprint density at radius 3 is 2.35 bits per heavy atom. The largest absolute Gasteiger partial charge is 0.382 e. The molecule has 1 aromatic heterocycles. The van der Waals surface area contributed by atoms with E-state index >= 15 is 0 Å². The van der Waals surface area contributed by atoms with Gasteiger partial charge in [0, 0.05) is 29.7 Å². The van der Waals surface area contributed by atoms with Gasteiger partial charge in [-0.2, -0.15) is 0 Å². The van der Waals surface area contributed by atoms with Crippen LogP contribution in [0.4, 0.5) is 33.1 Å². The highest BCUT2D eigenvalue weighted by Crippen LogP contribution is 2.24. The highest BCUT2D eigenvalue weighted by Gasteiger charge is 2.04. The van der Waals surface area contributed by atoms with Gasteiger partial charge in [-0.15, -0.1) is 6.58 Å². The maximum atomic E-state index is 13.2. The Morgan fingerprint density at radius 2 is 1.65 bits per heavy atom. The lowest BCUT2D eigenvalue weighted by atomic mass is 10.2. The van der Waals surface area contributed by atoms with E-state index in [0.717, 1.165) is 11.4 Å². The predicted molar refractivity (Wildman–Crippen MR) is 105 cm³/mol. The van der Waals surface area contributed by atoms with E-state index in [1.807, 2.05) is 24.3 Å². The zero-order valence-corrected chi connectivity index (χ0v) is 14.6. The third-order valence-electron chi connectivity index (χ3n) is 3.44. The lowest BCUT2D eigenvalue weighted by Crippen LogP contribution is -2.00. The molecule has 0 fully saturated rings. The summed E-state index contributed by atoms with van der Waals surface area (Å²) in [6.45, 7) is 4.37. The van der Waals surface area contributed by atoms with E-state index in [0.29, 0.717) is 23.9 Å². The van der Waals surface area contributed by atoms with E-state index in [-0.39, 0.29) is 5.02 Å². The van der Waals surface area contributed by atoms with Gasteiger partial charge in [0.05, 0.1) is 5.02 Å². The summed E-state index contributed by atoms with van der Waals surface area (Å²) in [7, 11) is 0. The summed E-state index contributed by atoms with van der Waals surface area (Å²) in [5, 5.41) is 9.57. The van der Waals surface area contributed by atoms with E-state index in [4.69, 9.17) is 11.6 Å². The molecule has 7 heteroatoms. The number of nitrogens with zero attached hydrogens (tertiary/aromatic N) is 2. The summed E-state index contributed by atoms with van der Waals surface area (Å²) < 4.78 is 13.2. The number of rotatable bonds is 7. The number of benzene rings is 2. The zero-order chi connectivity index (χ0) is 18.4. The van der Waals surface area contributed by atoms with Gasteiger partial charge in [-0.25, -0.2) is 14.4 Å². The Morgan fingerprint density at radius 1 is 0.962 bits per heavy atom. The van der Waals surface area contributed by atoms with Crippen LogP contribution < -0.4 is 16.0 Å². The van der Waals surface area contributed by atoms with Gasteiger partial charge in [0.1, 0.15) is 23.8 Å². The van der Waals surface area contributed by atoms with Crippen molar-refractivity contribution in [2.45, 2.75) is 0 Å². The predicted octanol–water partition coefficient (Wildman–Crippen LogP) is 5.35. The Labute approximate surface area is 156 Å². The maximum absolute atomic E-state index is 13.2. The average Bonchev–Trinajstić information content (AvgIpc) is 2.64. The maximum Gasteiger partial charge on any atom is 0.141 e. The van der Waals surface area contributed by atoms with Gasteiger partial charge in [-0.3, -0.25) is 0 Å². The van der Waals surface area contributed by atoms with Crippen molar-refractivity contribution < 1.29 is 4.39 Å². The number of hydrogen-bond acceptors (Lipinski definition) is 5. The van der Waals surface area contributed by atoms with Crippen LogP contribution >= 0.6 is 11.6 Å². The minimum absolute atomic E-state index is 0.0474. The zero-order valence-electron chi connectivity index (χ0n) is 13.8. The summed E-state index contributed by atoms with van der Waals surface area (Å²) in [6.07, 6.45) is 3.24. The van der Waals surface area contributed by atoms with Crippen LogP contribution in [0.1, 0.15) is 0 Å². The van der Waals surface area contributed by atoms with Crippen molar-refractivity contribution >= 4 is 40.3 Å². The number of aromatic nitrogens is 2. The fraction of sp³-hybridized carbons (Fsp3) is 0.0526. The van der Waals surface area contributed by atoms with E-state index in [1.54, 1.807) is 18.2 Å². The molecular weight excluding hydrogens is 353 g/mol. The molecule has 0 saturated heterocycles. The first-order valence-electron chi connectivity index (χ1n) is 7.90. The molecule has 0 amide bonds. The van der Waals surface area contributed by atoms with Gasteiger partial charge < -0.3 is 16.0 Å². The number of nitrogens with one attached hydrogen (secondary N) is 3. The summed E-state index contributed by atoms with van der Waals surface area (Å²) in [6, 6.07) is 14.0.